The summed E-state index contributed by atoms with van der Waals surface area (Å²) in [5.74, 6) is 0.114. The highest BCUT2D eigenvalue weighted by molar-refractivity contribution is 6.35. The number of carbonyl (C=O) groups excluding carboxylic acids is 1. The molecule has 166 valence electrons. The number of nitro groups is 1. The van der Waals surface area contributed by atoms with Crippen LogP contribution in [0, 0.1) is 10.1 Å². The summed E-state index contributed by atoms with van der Waals surface area (Å²) in [4.78, 5) is 35.8. The summed E-state index contributed by atoms with van der Waals surface area (Å²) in [6, 6.07) is 12.3. The quantitative estimate of drug-likeness (QED) is 0.174. The Morgan fingerprint density at radius 1 is 1.12 bits per heavy atom. The molecule has 0 fully saturated rings. The summed E-state index contributed by atoms with van der Waals surface area (Å²) in [5.41, 5.74) is 1.52. The van der Waals surface area contributed by atoms with Crippen LogP contribution in [-0.2, 0) is 4.79 Å². The molecule has 10 heteroatoms. The van der Waals surface area contributed by atoms with E-state index in [1.54, 1.807) is 61.9 Å². The SMILES string of the molecule is CCC(=O)Oc1c(C(Nc2ncccn2)c2ccc([N+](=O)[O-])cc2)cc(Cl)c2cccnc12. The maximum Gasteiger partial charge on any atom is 0.310 e. The summed E-state index contributed by atoms with van der Waals surface area (Å²) in [6.45, 7) is 1.69. The van der Waals surface area contributed by atoms with E-state index in [9.17, 15) is 14.9 Å². The molecule has 0 radical (unpaired) electrons. The Hall–Kier alpha value is -4.11. The van der Waals surface area contributed by atoms with Gasteiger partial charge in [0.2, 0.25) is 5.95 Å². The zero-order chi connectivity index (χ0) is 23.4. The van der Waals surface area contributed by atoms with Gasteiger partial charge >= 0.3 is 5.97 Å². The third-order valence-corrected chi connectivity index (χ3v) is 5.23. The zero-order valence-corrected chi connectivity index (χ0v) is 18.2. The van der Waals surface area contributed by atoms with Gasteiger partial charge < -0.3 is 10.1 Å². The van der Waals surface area contributed by atoms with E-state index >= 15 is 0 Å². The highest BCUT2D eigenvalue weighted by atomic mass is 35.5. The minimum absolute atomic E-state index is 0.0516. The normalized spacial score (nSPS) is 11.7. The first kappa shape index (κ1) is 22.1. The lowest BCUT2D eigenvalue weighted by molar-refractivity contribution is -0.384. The van der Waals surface area contributed by atoms with Gasteiger partial charge in [0.1, 0.15) is 5.52 Å². The van der Waals surface area contributed by atoms with E-state index in [4.69, 9.17) is 16.3 Å². The molecule has 0 saturated heterocycles. The van der Waals surface area contributed by atoms with Crippen molar-refractivity contribution in [3.63, 3.8) is 0 Å². The van der Waals surface area contributed by atoms with Crippen molar-refractivity contribution in [1.29, 1.82) is 0 Å². The van der Waals surface area contributed by atoms with E-state index in [1.807, 2.05) is 0 Å². The number of anilines is 1. The maximum atomic E-state index is 12.3. The second-order valence-corrected chi connectivity index (χ2v) is 7.41. The van der Waals surface area contributed by atoms with Gasteiger partial charge in [-0.05, 0) is 42.0 Å². The summed E-state index contributed by atoms with van der Waals surface area (Å²) in [7, 11) is 0. The Morgan fingerprint density at radius 3 is 2.48 bits per heavy atom. The molecule has 0 aliphatic rings. The minimum Gasteiger partial charge on any atom is -0.424 e. The van der Waals surface area contributed by atoms with Gasteiger partial charge in [0.15, 0.2) is 5.75 Å². The highest BCUT2D eigenvalue weighted by Crippen LogP contribution is 2.40. The van der Waals surface area contributed by atoms with Crippen molar-refractivity contribution >= 4 is 40.1 Å². The monoisotopic (exact) mass is 463 g/mol. The summed E-state index contributed by atoms with van der Waals surface area (Å²) < 4.78 is 5.72. The first-order valence-electron chi connectivity index (χ1n) is 10.0. The summed E-state index contributed by atoms with van der Waals surface area (Å²) >= 11 is 6.58. The molecule has 0 aliphatic carbocycles. The first-order chi connectivity index (χ1) is 16.0. The average Bonchev–Trinajstić information content (AvgIpc) is 2.85. The number of carbonyl (C=O) groups is 1. The number of aromatic nitrogens is 3. The molecular weight excluding hydrogens is 446 g/mol. The lowest BCUT2D eigenvalue weighted by Crippen LogP contribution is -2.17. The third kappa shape index (κ3) is 4.73. The van der Waals surface area contributed by atoms with E-state index in [2.05, 4.69) is 20.3 Å². The Bertz CT molecular complexity index is 1320. The smallest absolute Gasteiger partial charge is 0.310 e. The lowest BCUT2D eigenvalue weighted by Gasteiger charge is -2.23. The second-order valence-electron chi connectivity index (χ2n) is 7.00. The van der Waals surface area contributed by atoms with Gasteiger partial charge in [-0.15, -0.1) is 0 Å². The van der Waals surface area contributed by atoms with Gasteiger partial charge in [0.25, 0.3) is 5.69 Å². The molecule has 2 aromatic heterocycles. The number of non-ortho nitro benzene ring substituents is 1. The summed E-state index contributed by atoms with van der Waals surface area (Å²) in [5, 5.41) is 15.4. The highest BCUT2D eigenvalue weighted by Gasteiger charge is 2.25. The Morgan fingerprint density at radius 2 is 1.82 bits per heavy atom. The van der Waals surface area contributed by atoms with Crippen molar-refractivity contribution in [3.8, 4) is 5.75 Å². The number of hydrogen-bond acceptors (Lipinski definition) is 8. The van der Waals surface area contributed by atoms with E-state index in [-0.39, 0.29) is 17.9 Å². The molecule has 4 rings (SSSR count). The molecule has 1 N–H and O–H groups in total. The molecule has 9 nitrogen and oxygen atoms in total. The van der Waals surface area contributed by atoms with Crippen LogP contribution in [0.4, 0.5) is 11.6 Å². The fourth-order valence-corrected chi connectivity index (χ4v) is 3.61. The van der Waals surface area contributed by atoms with Crippen molar-refractivity contribution in [3.05, 3.63) is 93.4 Å². The van der Waals surface area contributed by atoms with Crippen molar-refractivity contribution in [1.82, 2.24) is 15.0 Å². The first-order valence-corrected chi connectivity index (χ1v) is 10.4. The number of rotatable bonds is 7. The van der Waals surface area contributed by atoms with Crippen molar-refractivity contribution in [2.24, 2.45) is 0 Å². The Labute approximate surface area is 193 Å². The number of benzene rings is 2. The number of halogens is 1. The Kier molecular flexibility index (Phi) is 6.41. The topological polar surface area (TPSA) is 120 Å². The zero-order valence-electron chi connectivity index (χ0n) is 17.4. The fraction of sp³-hybridized carbons (Fsp3) is 0.130. The molecule has 4 aromatic rings. The number of fused-ring (bicyclic) bond motifs is 1. The fourth-order valence-electron chi connectivity index (χ4n) is 3.34. The van der Waals surface area contributed by atoms with Crippen LogP contribution in [-0.4, -0.2) is 25.8 Å². The second kappa shape index (κ2) is 9.58. The van der Waals surface area contributed by atoms with Gasteiger partial charge in [-0.25, -0.2) is 9.97 Å². The number of pyridine rings is 1. The predicted octanol–water partition coefficient (Wildman–Crippen LogP) is 5.10. The van der Waals surface area contributed by atoms with Crippen LogP contribution in [0.25, 0.3) is 10.9 Å². The van der Waals surface area contributed by atoms with Crippen LogP contribution in [0.2, 0.25) is 5.02 Å². The standard InChI is InChI=1S/C23H18ClN5O4/c1-2-19(30)33-22-17(13-18(24)16-5-3-10-25-21(16)22)20(28-23-26-11-4-12-27-23)14-6-8-15(9-7-14)29(31)32/h3-13,20H,2H2,1H3,(H,26,27,28). The number of nitro benzene ring substituents is 1. The van der Waals surface area contributed by atoms with E-state index < -0.39 is 16.9 Å². The van der Waals surface area contributed by atoms with Crippen LogP contribution >= 0.6 is 11.6 Å². The molecule has 0 spiro atoms. The van der Waals surface area contributed by atoms with Crippen molar-refractivity contribution < 1.29 is 14.5 Å². The summed E-state index contributed by atoms with van der Waals surface area (Å²) in [6.07, 6.45) is 4.90. The molecule has 0 aliphatic heterocycles. The van der Waals surface area contributed by atoms with Gasteiger partial charge in [-0.2, -0.15) is 0 Å². The average molecular weight is 464 g/mol. The van der Waals surface area contributed by atoms with Gasteiger partial charge in [0.05, 0.1) is 16.0 Å². The lowest BCUT2D eigenvalue weighted by atomic mass is 9.96. The largest absolute Gasteiger partial charge is 0.424 e. The maximum absolute atomic E-state index is 12.3. The molecule has 0 amide bonds. The third-order valence-electron chi connectivity index (χ3n) is 4.92. The van der Waals surface area contributed by atoms with Crippen LogP contribution in [0.15, 0.2) is 67.1 Å². The molecule has 1 atom stereocenters. The molecule has 33 heavy (non-hydrogen) atoms. The molecule has 0 bridgehead atoms. The molecule has 1 unspecified atom stereocenters. The number of esters is 1. The van der Waals surface area contributed by atoms with Crippen molar-refractivity contribution in [2.45, 2.75) is 19.4 Å². The van der Waals surface area contributed by atoms with E-state index in [0.717, 1.165) is 0 Å². The van der Waals surface area contributed by atoms with Gasteiger partial charge in [-0.3, -0.25) is 19.9 Å². The van der Waals surface area contributed by atoms with E-state index in [1.165, 1.54) is 12.1 Å². The number of nitrogens with zero attached hydrogens (tertiary/aromatic N) is 4. The predicted molar refractivity (Wildman–Crippen MR) is 123 cm³/mol. The number of ether oxygens (including phenoxy) is 1. The molecule has 0 saturated carbocycles. The van der Waals surface area contributed by atoms with Gasteiger partial charge in [0, 0.05) is 48.1 Å². The molecule has 2 heterocycles. The Balaban J connectivity index is 1.93. The molecular formula is C23H18ClN5O4. The van der Waals surface area contributed by atoms with Crippen LogP contribution in [0.3, 0.4) is 0 Å². The molecule has 2 aromatic carbocycles. The van der Waals surface area contributed by atoms with Crippen LogP contribution in [0.5, 0.6) is 5.75 Å². The van der Waals surface area contributed by atoms with Crippen LogP contribution < -0.4 is 10.1 Å². The van der Waals surface area contributed by atoms with E-state index in [0.29, 0.717) is 33.0 Å². The van der Waals surface area contributed by atoms with Crippen molar-refractivity contribution in [2.75, 3.05) is 5.32 Å². The number of hydrogen-bond donors (Lipinski definition) is 1. The minimum atomic E-state index is -0.656. The number of nitrogens with one attached hydrogen (secondary N) is 1. The van der Waals surface area contributed by atoms with Crippen LogP contribution in [0.1, 0.15) is 30.5 Å². The van der Waals surface area contributed by atoms with Gasteiger partial charge in [-0.1, -0.05) is 18.5 Å².